The molecule has 3 aliphatic carbocycles. The smallest absolute Gasteiger partial charge is 0.435 e. The van der Waals surface area contributed by atoms with Crippen molar-refractivity contribution >= 4 is 35.1 Å². The molecule has 1 aromatic rings. The van der Waals surface area contributed by atoms with Crippen molar-refractivity contribution in [3.63, 3.8) is 0 Å². The van der Waals surface area contributed by atoms with Crippen molar-refractivity contribution < 1.29 is 22.7 Å². The van der Waals surface area contributed by atoms with E-state index in [-0.39, 0.29) is 46.1 Å². The van der Waals surface area contributed by atoms with E-state index in [0.717, 1.165) is 32.1 Å². The lowest BCUT2D eigenvalue weighted by Crippen LogP contribution is -2.48. The van der Waals surface area contributed by atoms with Gasteiger partial charge in [0.05, 0.1) is 11.9 Å². The fourth-order valence-corrected chi connectivity index (χ4v) is 7.39. The van der Waals surface area contributed by atoms with Gasteiger partial charge in [-0.1, -0.05) is 0 Å². The number of carbonyl (C=O) groups is 1. The van der Waals surface area contributed by atoms with E-state index in [1.165, 1.54) is 17.9 Å². The van der Waals surface area contributed by atoms with Crippen LogP contribution in [-0.2, 0) is 22.8 Å². The summed E-state index contributed by atoms with van der Waals surface area (Å²) < 4.78 is 48.0. The van der Waals surface area contributed by atoms with Gasteiger partial charge in [0.1, 0.15) is 6.61 Å². The van der Waals surface area contributed by atoms with Crippen LogP contribution in [0.5, 0.6) is 0 Å². The summed E-state index contributed by atoms with van der Waals surface area (Å²) in [4.78, 5) is 15.6. The number of nitrogens with one attached hydrogen (secondary N) is 2. The van der Waals surface area contributed by atoms with Gasteiger partial charge >= 0.3 is 6.18 Å². The van der Waals surface area contributed by atoms with Crippen LogP contribution in [0.1, 0.15) is 68.5 Å². The number of carbonyl (C=O) groups excluding carboxylic acids is 1. The van der Waals surface area contributed by atoms with Gasteiger partial charge in [-0.05, 0) is 75.0 Å². The van der Waals surface area contributed by atoms with Gasteiger partial charge in [0.15, 0.2) is 5.69 Å². The Bertz CT molecular complexity index is 1030. The second kappa shape index (κ2) is 11.1. The molecule has 4 fully saturated rings. The summed E-state index contributed by atoms with van der Waals surface area (Å²) in [6, 6.07) is 0.112. The lowest BCUT2D eigenvalue weighted by Gasteiger charge is -2.39. The molecular formula is C26H36Cl2F3N5O2. The molecule has 0 bridgehead atoms. The van der Waals surface area contributed by atoms with E-state index >= 15 is 0 Å². The number of amidine groups is 1. The van der Waals surface area contributed by atoms with Crippen LogP contribution in [0.2, 0.25) is 0 Å². The molecule has 4 aliphatic rings. The molecule has 1 aliphatic heterocycles. The molecule has 0 spiro atoms. The van der Waals surface area contributed by atoms with E-state index in [1.54, 1.807) is 0 Å². The Morgan fingerprint density at radius 1 is 1.16 bits per heavy atom. The second-order valence-electron chi connectivity index (χ2n) is 11.6. The SMILES string of the molecule is Cn1cc(C2CC(CN3CCOC3=N)CC(C(=O)N[C@@H](C3CC3)C3CCC(Cl)C(Cl)C3)C2)c(C(F)(F)F)n1. The van der Waals surface area contributed by atoms with Crippen molar-refractivity contribution in [2.24, 2.45) is 30.7 Å². The molecule has 12 heteroatoms. The van der Waals surface area contributed by atoms with Gasteiger partial charge in [0, 0.05) is 42.7 Å². The number of hydrogen-bond donors (Lipinski definition) is 2. The van der Waals surface area contributed by atoms with Crippen LogP contribution in [-0.4, -0.2) is 63.1 Å². The van der Waals surface area contributed by atoms with Gasteiger partial charge in [-0.2, -0.15) is 18.3 Å². The van der Waals surface area contributed by atoms with Gasteiger partial charge < -0.3 is 15.0 Å². The predicted molar refractivity (Wildman–Crippen MR) is 138 cm³/mol. The van der Waals surface area contributed by atoms with Gasteiger partial charge in [0.25, 0.3) is 6.02 Å². The van der Waals surface area contributed by atoms with Crippen molar-refractivity contribution in [2.75, 3.05) is 19.7 Å². The highest BCUT2D eigenvalue weighted by molar-refractivity contribution is 6.30. The number of aryl methyl sites for hydroxylation is 1. The first-order valence-electron chi connectivity index (χ1n) is 13.6. The number of nitrogens with zero attached hydrogens (tertiary/aromatic N) is 3. The first-order valence-corrected chi connectivity index (χ1v) is 14.5. The summed E-state index contributed by atoms with van der Waals surface area (Å²) in [5, 5.41) is 14.9. The van der Waals surface area contributed by atoms with Gasteiger partial charge in [-0.25, -0.2) is 0 Å². The van der Waals surface area contributed by atoms with Crippen LogP contribution < -0.4 is 5.32 Å². The van der Waals surface area contributed by atoms with Crippen LogP contribution in [0.15, 0.2) is 6.20 Å². The first-order chi connectivity index (χ1) is 18.0. The zero-order chi connectivity index (χ0) is 27.2. The lowest BCUT2D eigenvalue weighted by molar-refractivity contribution is -0.142. The minimum atomic E-state index is -4.57. The first kappa shape index (κ1) is 27.9. The Morgan fingerprint density at radius 2 is 1.89 bits per heavy atom. The minimum Gasteiger partial charge on any atom is -0.463 e. The van der Waals surface area contributed by atoms with Crippen molar-refractivity contribution in [3.8, 4) is 0 Å². The molecule has 1 aromatic heterocycles. The van der Waals surface area contributed by atoms with E-state index in [4.69, 9.17) is 33.3 Å². The molecule has 2 heterocycles. The standard InChI is InChI=1S/C26H36Cl2F3N5O2/c1-35-13-19(23(34-35)26(29,30)31)17-8-14(12-36-6-7-38-25(36)32)9-18(10-17)24(37)33-22(15-2-3-15)16-4-5-20(27)21(28)11-16/h13-18,20-22,32H,2-12H2,1H3,(H,33,37)/t14?,16?,17?,18?,20?,21?,22-/m0/s1. The Kier molecular flexibility index (Phi) is 8.11. The van der Waals surface area contributed by atoms with E-state index in [2.05, 4.69) is 10.4 Å². The van der Waals surface area contributed by atoms with Crippen LogP contribution in [0, 0.1) is 29.1 Å². The fourth-order valence-electron chi connectivity index (χ4n) is 6.80. The van der Waals surface area contributed by atoms with E-state index < -0.39 is 23.7 Å². The zero-order valence-electron chi connectivity index (χ0n) is 21.5. The number of halogens is 5. The molecular weight excluding hydrogens is 542 g/mol. The highest BCUT2D eigenvalue weighted by atomic mass is 35.5. The average molecular weight is 579 g/mol. The summed E-state index contributed by atoms with van der Waals surface area (Å²) in [6.45, 7) is 1.49. The molecule has 2 N–H and O–H groups in total. The van der Waals surface area contributed by atoms with E-state index in [0.29, 0.717) is 44.9 Å². The zero-order valence-corrected chi connectivity index (χ0v) is 23.0. The summed E-state index contributed by atoms with van der Waals surface area (Å²) in [6.07, 6.45) is 2.91. The van der Waals surface area contributed by atoms with Crippen molar-refractivity contribution in [1.29, 1.82) is 5.41 Å². The molecule has 0 radical (unpaired) electrons. The van der Waals surface area contributed by atoms with Gasteiger partial charge in [-0.15, -0.1) is 23.2 Å². The monoisotopic (exact) mass is 577 g/mol. The maximum Gasteiger partial charge on any atom is 0.435 e. The van der Waals surface area contributed by atoms with Crippen molar-refractivity contribution in [3.05, 3.63) is 17.5 Å². The predicted octanol–water partition coefficient (Wildman–Crippen LogP) is 5.12. The third-order valence-electron chi connectivity index (χ3n) is 8.79. The summed E-state index contributed by atoms with van der Waals surface area (Å²) in [5.41, 5.74) is -0.719. The minimum absolute atomic E-state index is 0.0241. The summed E-state index contributed by atoms with van der Waals surface area (Å²) in [5.74, 6) is -0.322. The number of amides is 1. The van der Waals surface area contributed by atoms with Crippen LogP contribution in [0.3, 0.4) is 0 Å². The fraction of sp³-hybridized carbons (Fsp3) is 0.808. The molecule has 5 rings (SSSR count). The van der Waals surface area contributed by atoms with Crippen molar-refractivity contribution in [1.82, 2.24) is 20.0 Å². The van der Waals surface area contributed by atoms with Gasteiger partial charge in [0.2, 0.25) is 5.91 Å². The molecule has 1 saturated heterocycles. The van der Waals surface area contributed by atoms with E-state index in [1.807, 2.05) is 4.90 Å². The Labute approximate surface area is 231 Å². The molecule has 0 aromatic carbocycles. The normalized spacial score (nSPS) is 33.2. The topological polar surface area (TPSA) is 83.2 Å². The Balaban J connectivity index is 1.35. The maximum absolute atomic E-state index is 13.9. The molecule has 6 unspecified atom stereocenters. The van der Waals surface area contributed by atoms with Gasteiger partial charge in [-0.3, -0.25) is 14.9 Å². The third kappa shape index (κ3) is 6.21. The number of aromatic nitrogens is 2. The summed E-state index contributed by atoms with van der Waals surface area (Å²) in [7, 11) is 1.49. The Hall–Kier alpha value is -1.68. The van der Waals surface area contributed by atoms with Crippen LogP contribution in [0.25, 0.3) is 0 Å². The molecule has 38 heavy (non-hydrogen) atoms. The highest BCUT2D eigenvalue weighted by Crippen LogP contribution is 2.46. The third-order valence-corrected chi connectivity index (χ3v) is 9.92. The Morgan fingerprint density at radius 3 is 2.53 bits per heavy atom. The van der Waals surface area contributed by atoms with Crippen LogP contribution in [0.4, 0.5) is 13.2 Å². The maximum atomic E-state index is 13.9. The number of rotatable bonds is 7. The van der Waals surface area contributed by atoms with E-state index in [9.17, 15) is 18.0 Å². The van der Waals surface area contributed by atoms with Crippen LogP contribution >= 0.6 is 23.2 Å². The second-order valence-corrected chi connectivity index (χ2v) is 12.8. The molecule has 7 atom stereocenters. The average Bonchev–Trinajstić information content (AvgIpc) is 3.50. The highest BCUT2D eigenvalue weighted by Gasteiger charge is 2.45. The summed E-state index contributed by atoms with van der Waals surface area (Å²) >= 11 is 12.8. The number of ether oxygens (including phenoxy) is 1. The molecule has 3 saturated carbocycles. The number of alkyl halides is 5. The molecule has 7 nitrogen and oxygen atoms in total. The quantitative estimate of drug-likeness (QED) is 0.441. The van der Waals surface area contributed by atoms with Crippen molar-refractivity contribution in [2.45, 2.75) is 80.3 Å². The lowest BCUT2D eigenvalue weighted by atomic mass is 9.71. The largest absolute Gasteiger partial charge is 0.463 e. The molecule has 212 valence electrons. The number of hydrogen-bond acceptors (Lipinski definition) is 4. The molecule has 1 amide bonds.